The van der Waals surface area contributed by atoms with E-state index in [4.69, 9.17) is 22.4 Å². The van der Waals surface area contributed by atoms with Crippen LogP contribution in [0.2, 0.25) is 5.02 Å². The first kappa shape index (κ1) is 15.2. The molecule has 0 fully saturated rings. The summed E-state index contributed by atoms with van der Waals surface area (Å²) < 4.78 is 26.7. The lowest BCUT2D eigenvalue weighted by Crippen LogP contribution is -2.37. The molecule has 0 amide bonds. The molecule has 7 heteroatoms. The first-order valence-electron chi connectivity index (χ1n) is 5.50. The van der Waals surface area contributed by atoms with Crippen LogP contribution in [0.5, 0.6) is 0 Å². The first-order valence-corrected chi connectivity index (χ1v) is 7.36. The molecule has 0 unspecified atom stereocenters. The zero-order chi connectivity index (χ0) is 13.9. The average molecular weight is 293 g/mol. The first-order chi connectivity index (χ1) is 8.31. The Balaban J connectivity index is 3.16. The molecule has 0 aliphatic heterocycles. The molecule has 0 spiro atoms. The minimum atomic E-state index is -3.70. The number of aryl methyl sites for hydroxylation is 1. The summed E-state index contributed by atoms with van der Waals surface area (Å²) >= 11 is 5.82. The Bertz CT molecular complexity index is 527. The largest absolute Gasteiger partial charge is 0.397 e. The molecule has 0 aliphatic rings. The number of anilines is 1. The highest BCUT2D eigenvalue weighted by Gasteiger charge is 2.21. The number of aliphatic hydroxyl groups excluding tert-OH is 1. The Morgan fingerprint density at radius 1 is 1.50 bits per heavy atom. The quantitative estimate of drug-likeness (QED) is 0.713. The van der Waals surface area contributed by atoms with E-state index >= 15 is 0 Å². The number of hydrogen-bond donors (Lipinski definition) is 3. The standard InChI is InChI=1S/C11H17ClN2O3S/c1-3-8(6-15)14-18(16,17)11-5-10(13)9(12)4-7(11)2/h4-5,8,14-15H,3,6,13H2,1-2H3/t8-/m1/s1. The Kier molecular flexibility index (Phi) is 4.98. The van der Waals surface area contributed by atoms with E-state index in [9.17, 15) is 8.42 Å². The van der Waals surface area contributed by atoms with Gasteiger partial charge in [0.2, 0.25) is 10.0 Å². The molecule has 1 aromatic rings. The zero-order valence-electron chi connectivity index (χ0n) is 10.3. The van der Waals surface area contributed by atoms with Crippen LogP contribution in [-0.4, -0.2) is 26.2 Å². The molecule has 102 valence electrons. The third-order valence-corrected chi connectivity index (χ3v) is 4.61. The van der Waals surface area contributed by atoms with Gasteiger partial charge in [-0.2, -0.15) is 0 Å². The molecule has 1 aromatic carbocycles. The molecule has 5 nitrogen and oxygen atoms in total. The summed E-state index contributed by atoms with van der Waals surface area (Å²) in [5, 5.41) is 9.35. The van der Waals surface area contributed by atoms with Crippen LogP contribution in [0.25, 0.3) is 0 Å². The van der Waals surface area contributed by atoms with Gasteiger partial charge < -0.3 is 10.8 Å². The fraction of sp³-hybridized carbons (Fsp3) is 0.455. The lowest BCUT2D eigenvalue weighted by Gasteiger charge is -2.16. The lowest BCUT2D eigenvalue weighted by atomic mass is 10.2. The van der Waals surface area contributed by atoms with Gasteiger partial charge in [-0.05, 0) is 31.0 Å². The van der Waals surface area contributed by atoms with Crippen molar-refractivity contribution in [3.63, 3.8) is 0 Å². The number of nitrogens with one attached hydrogen (secondary N) is 1. The summed E-state index contributed by atoms with van der Waals surface area (Å²) in [5.41, 5.74) is 6.33. The van der Waals surface area contributed by atoms with Gasteiger partial charge in [0, 0.05) is 6.04 Å². The van der Waals surface area contributed by atoms with Gasteiger partial charge in [-0.3, -0.25) is 0 Å². The fourth-order valence-electron chi connectivity index (χ4n) is 1.49. The molecule has 0 aromatic heterocycles. The number of hydrogen-bond acceptors (Lipinski definition) is 4. The molecular formula is C11H17ClN2O3S. The topological polar surface area (TPSA) is 92.4 Å². The van der Waals surface area contributed by atoms with Crippen molar-refractivity contribution in [3.05, 3.63) is 22.7 Å². The minimum Gasteiger partial charge on any atom is -0.397 e. The highest BCUT2D eigenvalue weighted by molar-refractivity contribution is 7.89. The molecule has 1 atom stereocenters. The predicted octanol–water partition coefficient (Wildman–Crippen LogP) is 1.28. The molecule has 0 heterocycles. The van der Waals surface area contributed by atoms with Gasteiger partial charge in [-0.25, -0.2) is 13.1 Å². The van der Waals surface area contributed by atoms with Crippen LogP contribution in [-0.2, 0) is 10.0 Å². The molecule has 0 saturated carbocycles. The molecule has 4 N–H and O–H groups in total. The number of nitrogen functional groups attached to an aromatic ring is 1. The van der Waals surface area contributed by atoms with Crippen molar-refractivity contribution in [1.29, 1.82) is 0 Å². The summed E-state index contributed by atoms with van der Waals surface area (Å²) in [6.45, 7) is 3.17. The van der Waals surface area contributed by atoms with E-state index in [0.717, 1.165) is 0 Å². The molecule has 0 aliphatic carbocycles. The van der Waals surface area contributed by atoms with Gasteiger partial charge in [0.25, 0.3) is 0 Å². The molecule has 0 radical (unpaired) electrons. The SMILES string of the molecule is CC[C@H](CO)NS(=O)(=O)c1cc(N)c(Cl)cc1C. The van der Waals surface area contributed by atoms with Crippen LogP contribution >= 0.6 is 11.6 Å². The molecular weight excluding hydrogens is 276 g/mol. The average Bonchev–Trinajstić information content (AvgIpc) is 2.30. The van der Waals surface area contributed by atoms with Crippen molar-refractivity contribution in [2.75, 3.05) is 12.3 Å². The van der Waals surface area contributed by atoms with E-state index in [-0.39, 0.29) is 17.2 Å². The third-order valence-electron chi connectivity index (χ3n) is 2.62. The van der Waals surface area contributed by atoms with E-state index in [2.05, 4.69) is 4.72 Å². The predicted molar refractivity (Wildman–Crippen MR) is 72.1 cm³/mol. The van der Waals surface area contributed by atoms with Crippen LogP contribution in [0.4, 0.5) is 5.69 Å². The second-order valence-corrected chi connectivity index (χ2v) is 6.14. The van der Waals surface area contributed by atoms with Crippen molar-refractivity contribution in [1.82, 2.24) is 4.72 Å². The van der Waals surface area contributed by atoms with E-state index in [1.807, 2.05) is 0 Å². The van der Waals surface area contributed by atoms with E-state index in [0.29, 0.717) is 17.0 Å². The summed E-state index contributed by atoms with van der Waals surface area (Å²) in [6, 6.07) is 2.32. The summed E-state index contributed by atoms with van der Waals surface area (Å²) in [6.07, 6.45) is 0.498. The van der Waals surface area contributed by atoms with Gasteiger partial charge in [0.1, 0.15) is 0 Å². The van der Waals surface area contributed by atoms with Crippen LogP contribution in [0, 0.1) is 6.92 Å². The molecule has 18 heavy (non-hydrogen) atoms. The fourth-order valence-corrected chi connectivity index (χ4v) is 3.28. The Hall–Kier alpha value is -0.820. The monoisotopic (exact) mass is 292 g/mol. The van der Waals surface area contributed by atoms with Gasteiger partial charge in [-0.15, -0.1) is 0 Å². The highest BCUT2D eigenvalue weighted by Crippen LogP contribution is 2.26. The third kappa shape index (κ3) is 3.35. The van der Waals surface area contributed by atoms with Crippen LogP contribution < -0.4 is 10.5 Å². The molecule has 0 saturated heterocycles. The van der Waals surface area contributed by atoms with Crippen LogP contribution in [0.1, 0.15) is 18.9 Å². The van der Waals surface area contributed by atoms with E-state index in [1.54, 1.807) is 13.8 Å². The maximum absolute atomic E-state index is 12.1. The number of rotatable bonds is 5. The van der Waals surface area contributed by atoms with E-state index < -0.39 is 16.1 Å². The second-order valence-electron chi connectivity index (χ2n) is 4.05. The Morgan fingerprint density at radius 3 is 2.61 bits per heavy atom. The van der Waals surface area contributed by atoms with Crippen molar-refractivity contribution in [3.8, 4) is 0 Å². The Labute approximate surface area is 112 Å². The van der Waals surface area contributed by atoms with E-state index in [1.165, 1.54) is 12.1 Å². The van der Waals surface area contributed by atoms with Crippen LogP contribution in [0.15, 0.2) is 17.0 Å². The highest BCUT2D eigenvalue weighted by atomic mass is 35.5. The summed E-state index contributed by atoms with van der Waals surface area (Å²) in [7, 11) is -3.70. The lowest BCUT2D eigenvalue weighted by molar-refractivity contribution is 0.254. The second kappa shape index (κ2) is 5.88. The number of aliphatic hydroxyl groups is 1. The van der Waals surface area contributed by atoms with Crippen molar-refractivity contribution < 1.29 is 13.5 Å². The van der Waals surface area contributed by atoms with Gasteiger partial charge >= 0.3 is 0 Å². The van der Waals surface area contributed by atoms with Gasteiger partial charge in [0.15, 0.2) is 0 Å². The number of nitrogens with two attached hydrogens (primary N) is 1. The number of halogens is 1. The normalized spacial score (nSPS) is 13.6. The van der Waals surface area contributed by atoms with Crippen molar-refractivity contribution in [2.45, 2.75) is 31.2 Å². The molecule has 0 bridgehead atoms. The van der Waals surface area contributed by atoms with Gasteiger partial charge in [-0.1, -0.05) is 18.5 Å². The summed E-state index contributed by atoms with van der Waals surface area (Å²) in [4.78, 5) is 0.0799. The number of benzene rings is 1. The minimum absolute atomic E-state index is 0.0799. The zero-order valence-corrected chi connectivity index (χ0v) is 11.8. The van der Waals surface area contributed by atoms with Gasteiger partial charge in [0.05, 0.1) is 22.2 Å². The van der Waals surface area contributed by atoms with Crippen molar-refractivity contribution >= 4 is 27.3 Å². The van der Waals surface area contributed by atoms with Crippen molar-refractivity contribution in [2.24, 2.45) is 0 Å². The smallest absolute Gasteiger partial charge is 0.241 e. The maximum Gasteiger partial charge on any atom is 0.241 e. The van der Waals surface area contributed by atoms with Crippen LogP contribution in [0.3, 0.4) is 0 Å². The number of sulfonamides is 1. The Morgan fingerprint density at radius 2 is 2.11 bits per heavy atom. The molecule has 1 rings (SSSR count). The summed E-state index contributed by atoms with van der Waals surface area (Å²) in [5.74, 6) is 0. The maximum atomic E-state index is 12.1.